The number of carbonyl (C=O) groups excluding carboxylic acids is 1. The third-order valence-corrected chi connectivity index (χ3v) is 4.97. The summed E-state index contributed by atoms with van der Waals surface area (Å²) in [6.07, 6.45) is 2.15. The molecule has 1 spiro atoms. The molecule has 1 amide bonds. The van der Waals surface area contributed by atoms with E-state index in [1.165, 1.54) is 5.56 Å². The van der Waals surface area contributed by atoms with Crippen LogP contribution in [0.4, 0.5) is 0 Å². The molecule has 4 heteroatoms. The Morgan fingerprint density at radius 2 is 2.00 bits per heavy atom. The maximum Gasteiger partial charge on any atom is 0.254 e. The summed E-state index contributed by atoms with van der Waals surface area (Å²) in [5, 5.41) is 3.41. The normalized spacial score (nSPS) is 25.6. The molecule has 1 aromatic carbocycles. The number of carbonyl (C=O) groups is 1. The topological polar surface area (TPSA) is 41.6 Å². The predicted molar refractivity (Wildman–Crippen MR) is 91.8 cm³/mol. The highest BCUT2D eigenvalue weighted by Crippen LogP contribution is 2.27. The number of benzene rings is 1. The highest BCUT2D eigenvalue weighted by atomic mass is 16.5. The molecule has 23 heavy (non-hydrogen) atoms. The van der Waals surface area contributed by atoms with E-state index < -0.39 is 0 Å². The summed E-state index contributed by atoms with van der Waals surface area (Å²) in [4.78, 5) is 14.8. The van der Waals surface area contributed by atoms with Crippen LogP contribution in [0.3, 0.4) is 0 Å². The van der Waals surface area contributed by atoms with Gasteiger partial charge >= 0.3 is 0 Å². The van der Waals surface area contributed by atoms with Crippen molar-refractivity contribution in [2.24, 2.45) is 0 Å². The first-order valence-electron chi connectivity index (χ1n) is 8.64. The molecular weight excluding hydrogens is 288 g/mol. The van der Waals surface area contributed by atoms with Crippen molar-refractivity contribution in [3.05, 3.63) is 35.4 Å². The lowest BCUT2D eigenvalue weighted by molar-refractivity contribution is -0.109. The molecule has 2 aliphatic heterocycles. The number of ether oxygens (including phenoxy) is 1. The minimum absolute atomic E-state index is 0.109. The van der Waals surface area contributed by atoms with E-state index in [0.717, 1.165) is 31.5 Å². The van der Waals surface area contributed by atoms with E-state index in [-0.39, 0.29) is 16.9 Å². The summed E-state index contributed by atoms with van der Waals surface area (Å²) in [5.41, 5.74) is 1.96. The summed E-state index contributed by atoms with van der Waals surface area (Å²) in [6, 6.07) is 8.07. The molecule has 2 saturated heterocycles. The molecule has 0 saturated carbocycles. The molecule has 0 aromatic heterocycles. The lowest BCUT2D eigenvalue weighted by Gasteiger charge is -2.45. The Morgan fingerprint density at radius 3 is 2.61 bits per heavy atom. The molecule has 2 fully saturated rings. The molecule has 3 rings (SSSR count). The number of amides is 1. The Morgan fingerprint density at radius 1 is 1.26 bits per heavy atom. The number of nitrogens with one attached hydrogen (secondary N) is 1. The third-order valence-electron chi connectivity index (χ3n) is 4.97. The van der Waals surface area contributed by atoms with Crippen molar-refractivity contribution in [1.29, 1.82) is 0 Å². The van der Waals surface area contributed by atoms with E-state index in [2.05, 4.69) is 38.2 Å². The van der Waals surface area contributed by atoms with Crippen molar-refractivity contribution in [1.82, 2.24) is 10.2 Å². The van der Waals surface area contributed by atoms with E-state index in [1.807, 2.05) is 17.0 Å². The Bertz CT molecular complexity index is 548. The predicted octanol–water partition coefficient (Wildman–Crippen LogP) is 2.58. The lowest BCUT2D eigenvalue weighted by Crippen LogP contribution is -2.59. The fourth-order valence-electron chi connectivity index (χ4n) is 3.51. The Balaban J connectivity index is 1.72. The first-order valence-corrected chi connectivity index (χ1v) is 8.64. The molecule has 4 nitrogen and oxygen atoms in total. The second-order valence-corrected chi connectivity index (χ2v) is 7.87. The Labute approximate surface area is 139 Å². The second-order valence-electron chi connectivity index (χ2n) is 7.87. The minimum atomic E-state index is -0.183. The smallest absolute Gasteiger partial charge is 0.254 e. The van der Waals surface area contributed by atoms with Crippen molar-refractivity contribution in [3.63, 3.8) is 0 Å². The van der Waals surface area contributed by atoms with E-state index in [9.17, 15) is 4.79 Å². The van der Waals surface area contributed by atoms with Crippen LogP contribution in [0.15, 0.2) is 24.3 Å². The van der Waals surface area contributed by atoms with Gasteiger partial charge in [0.1, 0.15) is 0 Å². The zero-order chi connectivity index (χ0) is 16.5. The van der Waals surface area contributed by atoms with Crippen LogP contribution in [0.1, 0.15) is 49.5 Å². The monoisotopic (exact) mass is 316 g/mol. The molecule has 0 radical (unpaired) electrons. The van der Waals surface area contributed by atoms with Crippen molar-refractivity contribution in [3.8, 4) is 0 Å². The van der Waals surface area contributed by atoms with Crippen LogP contribution in [-0.4, -0.2) is 49.2 Å². The molecule has 126 valence electrons. The van der Waals surface area contributed by atoms with Crippen LogP contribution in [0, 0.1) is 0 Å². The van der Waals surface area contributed by atoms with Crippen molar-refractivity contribution in [2.75, 3.05) is 32.8 Å². The van der Waals surface area contributed by atoms with Crippen LogP contribution in [0.2, 0.25) is 0 Å². The molecule has 1 unspecified atom stereocenters. The SMILES string of the molecule is CC(C)(C)c1ccc(C(=O)N2CCOC3(CCCNC3)C2)cc1. The van der Waals surface area contributed by atoms with Gasteiger partial charge in [0.25, 0.3) is 5.91 Å². The molecular formula is C19H28N2O2. The number of piperidine rings is 1. The Hall–Kier alpha value is -1.39. The van der Waals surface area contributed by atoms with Gasteiger partial charge < -0.3 is 15.0 Å². The van der Waals surface area contributed by atoms with Crippen LogP contribution in [-0.2, 0) is 10.2 Å². The van der Waals surface area contributed by atoms with E-state index in [1.54, 1.807) is 0 Å². The zero-order valence-electron chi connectivity index (χ0n) is 14.5. The van der Waals surface area contributed by atoms with Gasteiger partial charge in [0.05, 0.1) is 18.8 Å². The average molecular weight is 316 g/mol. The maximum absolute atomic E-state index is 12.8. The Kier molecular flexibility index (Phi) is 4.47. The zero-order valence-corrected chi connectivity index (χ0v) is 14.5. The lowest BCUT2D eigenvalue weighted by atomic mass is 9.86. The van der Waals surface area contributed by atoms with Gasteiger partial charge in [-0.2, -0.15) is 0 Å². The molecule has 0 bridgehead atoms. The molecule has 1 N–H and O–H groups in total. The van der Waals surface area contributed by atoms with Crippen LogP contribution >= 0.6 is 0 Å². The van der Waals surface area contributed by atoms with Crippen molar-refractivity contribution >= 4 is 5.91 Å². The molecule has 2 aliphatic rings. The molecule has 1 aromatic rings. The van der Waals surface area contributed by atoms with Gasteiger partial charge in [-0.05, 0) is 42.5 Å². The minimum Gasteiger partial charge on any atom is -0.370 e. The van der Waals surface area contributed by atoms with Crippen LogP contribution < -0.4 is 5.32 Å². The fourth-order valence-corrected chi connectivity index (χ4v) is 3.51. The highest BCUT2D eigenvalue weighted by Gasteiger charge is 2.39. The first-order chi connectivity index (χ1) is 10.9. The van der Waals surface area contributed by atoms with E-state index >= 15 is 0 Å². The number of nitrogens with zero attached hydrogens (tertiary/aromatic N) is 1. The summed E-state index contributed by atoms with van der Waals surface area (Å²) >= 11 is 0. The standard InChI is InChI=1S/C19H28N2O2/c1-18(2,3)16-7-5-15(6-8-16)17(22)21-11-12-23-19(14-21)9-4-10-20-13-19/h5-8,20H,4,9-14H2,1-3H3. The number of morpholine rings is 1. The van der Waals surface area contributed by atoms with Gasteiger partial charge in [-0.3, -0.25) is 4.79 Å². The molecule has 2 heterocycles. The van der Waals surface area contributed by atoms with Crippen molar-refractivity contribution < 1.29 is 9.53 Å². The summed E-state index contributed by atoms with van der Waals surface area (Å²) in [5.74, 6) is 0.124. The van der Waals surface area contributed by atoms with Gasteiger partial charge in [-0.15, -0.1) is 0 Å². The third kappa shape index (κ3) is 3.59. The van der Waals surface area contributed by atoms with Gasteiger partial charge in [-0.1, -0.05) is 32.9 Å². The largest absolute Gasteiger partial charge is 0.370 e. The second kappa shape index (κ2) is 6.25. The van der Waals surface area contributed by atoms with Crippen LogP contribution in [0.5, 0.6) is 0 Å². The number of rotatable bonds is 1. The van der Waals surface area contributed by atoms with E-state index in [4.69, 9.17) is 4.74 Å². The molecule has 1 atom stereocenters. The maximum atomic E-state index is 12.8. The summed E-state index contributed by atoms with van der Waals surface area (Å²) in [6.45, 7) is 10.5. The quantitative estimate of drug-likeness (QED) is 0.866. The first kappa shape index (κ1) is 16.5. The van der Waals surface area contributed by atoms with E-state index in [0.29, 0.717) is 19.7 Å². The van der Waals surface area contributed by atoms with Crippen LogP contribution in [0.25, 0.3) is 0 Å². The van der Waals surface area contributed by atoms with Gasteiger partial charge in [0.2, 0.25) is 0 Å². The summed E-state index contributed by atoms with van der Waals surface area (Å²) in [7, 11) is 0. The fraction of sp³-hybridized carbons (Fsp3) is 0.632. The number of hydrogen-bond acceptors (Lipinski definition) is 3. The number of hydrogen-bond donors (Lipinski definition) is 1. The summed E-state index contributed by atoms with van der Waals surface area (Å²) < 4.78 is 6.03. The van der Waals surface area contributed by atoms with Crippen molar-refractivity contribution in [2.45, 2.75) is 44.6 Å². The van der Waals surface area contributed by atoms with Gasteiger partial charge in [0, 0.05) is 18.7 Å². The van der Waals surface area contributed by atoms with Gasteiger partial charge in [-0.25, -0.2) is 0 Å². The van der Waals surface area contributed by atoms with Gasteiger partial charge in [0.15, 0.2) is 0 Å². The highest BCUT2D eigenvalue weighted by molar-refractivity contribution is 5.94. The molecule has 0 aliphatic carbocycles. The average Bonchev–Trinajstić information content (AvgIpc) is 2.54.